The van der Waals surface area contributed by atoms with E-state index < -0.39 is 22.9 Å². The first-order valence-electron chi connectivity index (χ1n) is 13.4. The van der Waals surface area contributed by atoms with Crippen LogP contribution in [0.2, 0.25) is 0 Å². The van der Waals surface area contributed by atoms with Gasteiger partial charge in [-0.3, -0.25) is 14.2 Å². The van der Waals surface area contributed by atoms with Crippen LogP contribution in [0.4, 0.5) is 0 Å². The second-order valence-corrected chi connectivity index (χ2v) is 12.5. The van der Waals surface area contributed by atoms with Crippen LogP contribution in [0.3, 0.4) is 0 Å². The van der Waals surface area contributed by atoms with Gasteiger partial charge in [0.2, 0.25) is 5.91 Å². The molecule has 0 spiro atoms. The number of aromatic nitrogens is 2. The summed E-state index contributed by atoms with van der Waals surface area (Å²) in [5.74, 6) is 0.352. The van der Waals surface area contributed by atoms with E-state index in [0.717, 1.165) is 40.6 Å². The van der Waals surface area contributed by atoms with Crippen LogP contribution < -0.4 is 21.3 Å². The van der Waals surface area contributed by atoms with E-state index in [4.69, 9.17) is 14.2 Å². The fraction of sp³-hybridized carbons (Fsp3) is 0.536. The van der Waals surface area contributed by atoms with Gasteiger partial charge in [-0.2, -0.15) is 0 Å². The van der Waals surface area contributed by atoms with Crippen LogP contribution in [0.5, 0.6) is 5.75 Å². The first-order valence-corrected chi connectivity index (χ1v) is 15.0. The molecule has 2 aliphatic rings. The summed E-state index contributed by atoms with van der Waals surface area (Å²) in [5, 5.41) is 3.17. The average molecular weight is 621 g/mol. The fourth-order valence-corrected chi connectivity index (χ4v) is 7.65. The number of hydrogen-bond acceptors (Lipinski definition) is 7. The van der Waals surface area contributed by atoms with Crippen LogP contribution in [0.1, 0.15) is 55.8 Å². The third kappa shape index (κ3) is 4.98. The van der Waals surface area contributed by atoms with Crippen molar-refractivity contribution in [3.8, 4) is 5.75 Å². The van der Waals surface area contributed by atoms with Crippen LogP contribution in [0, 0.1) is 6.92 Å². The normalized spacial score (nSPS) is 18.4. The van der Waals surface area contributed by atoms with Gasteiger partial charge in [0.25, 0.3) is 5.56 Å². The number of amides is 1. The molecule has 1 atom stereocenters. The zero-order chi connectivity index (χ0) is 27.7. The van der Waals surface area contributed by atoms with Crippen LogP contribution in [0.15, 0.2) is 37.6 Å². The molecule has 1 saturated heterocycles. The van der Waals surface area contributed by atoms with Gasteiger partial charge in [-0.25, -0.2) is 9.36 Å². The van der Waals surface area contributed by atoms with Crippen LogP contribution >= 0.6 is 27.3 Å². The Morgan fingerprint density at radius 2 is 1.92 bits per heavy atom. The lowest BCUT2D eigenvalue weighted by Gasteiger charge is -2.31. The summed E-state index contributed by atoms with van der Waals surface area (Å²) >= 11 is 4.94. The number of ether oxygens (including phenoxy) is 3. The Morgan fingerprint density at radius 3 is 2.59 bits per heavy atom. The quantitative estimate of drug-likeness (QED) is 0.404. The molecular formula is C28H34BrN3O6S. The maximum atomic E-state index is 14.4. The lowest BCUT2D eigenvalue weighted by atomic mass is 9.95. The van der Waals surface area contributed by atoms with Crippen molar-refractivity contribution in [3.63, 3.8) is 0 Å². The second-order valence-electron chi connectivity index (χ2n) is 10.2. The van der Waals surface area contributed by atoms with Crippen molar-refractivity contribution >= 4 is 43.4 Å². The van der Waals surface area contributed by atoms with Gasteiger partial charge in [-0.1, -0.05) is 31.0 Å². The molecule has 1 aliphatic heterocycles. The zero-order valence-electron chi connectivity index (χ0n) is 22.5. The lowest BCUT2D eigenvalue weighted by molar-refractivity contribution is -0.129. The van der Waals surface area contributed by atoms with E-state index in [1.54, 1.807) is 18.7 Å². The molecule has 210 valence electrons. The maximum Gasteiger partial charge on any atom is 0.333 e. The van der Waals surface area contributed by atoms with Gasteiger partial charge in [-0.05, 0) is 60.2 Å². The first kappa shape index (κ1) is 28.1. The van der Waals surface area contributed by atoms with Gasteiger partial charge in [0.05, 0.1) is 28.9 Å². The Balaban J connectivity index is 1.73. The number of methoxy groups -OCH3 is 1. The van der Waals surface area contributed by atoms with Crippen molar-refractivity contribution in [2.75, 3.05) is 27.4 Å². The van der Waals surface area contributed by atoms with E-state index in [-0.39, 0.29) is 18.6 Å². The number of halogens is 1. The Morgan fingerprint density at radius 1 is 1.23 bits per heavy atom. The zero-order valence-corrected chi connectivity index (χ0v) is 24.9. The van der Waals surface area contributed by atoms with Gasteiger partial charge >= 0.3 is 5.69 Å². The third-order valence-electron chi connectivity index (χ3n) is 8.02. The molecule has 9 nitrogen and oxygen atoms in total. The molecule has 1 N–H and O–H groups in total. The summed E-state index contributed by atoms with van der Waals surface area (Å²) in [6, 6.07) is 7.63. The van der Waals surface area contributed by atoms with E-state index in [0.29, 0.717) is 42.0 Å². The Kier molecular flexibility index (Phi) is 8.32. The highest BCUT2D eigenvalue weighted by molar-refractivity contribution is 9.11. The molecule has 3 aromatic rings. The largest absolute Gasteiger partial charge is 0.496 e. The fourth-order valence-electron chi connectivity index (χ4n) is 5.96. The number of para-hydroxylation sites is 1. The van der Waals surface area contributed by atoms with Gasteiger partial charge < -0.3 is 19.5 Å². The molecule has 11 heteroatoms. The molecule has 1 saturated carbocycles. The monoisotopic (exact) mass is 619 g/mol. The maximum absolute atomic E-state index is 14.4. The molecule has 1 amide bonds. The SMILES string of the molecule is CNC(=O)C1(n2c(=O)c3c(C)c(Br)sc3n(C[C@H](OC3CCOCC3)c3ccccc3OC)c2=O)CCCC1. The van der Waals surface area contributed by atoms with Gasteiger partial charge in [0.1, 0.15) is 22.2 Å². The molecule has 1 aromatic carbocycles. The molecule has 0 unspecified atom stereocenters. The van der Waals surface area contributed by atoms with Crippen LogP contribution in [0.25, 0.3) is 10.2 Å². The summed E-state index contributed by atoms with van der Waals surface area (Å²) in [7, 11) is 3.16. The highest BCUT2D eigenvalue weighted by atomic mass is 79.9. The first-order chi connectivity index (χ1) is 18.8. The van der Waals surface area contributed by atoms with Crippen molar-refractivity contribution in [1.29, 1.82) is 0 Å². The average Bonchev–Trinajstić information content (AvgIpc) is 3.56. The number of carbonyl (C=O) groups excluding carboxylic acids is 1. The van der Waals surface area contributed by atoms with Crippen molar-refractivity contribution in [2.45, 2.75) is 69.7 Å². The molecule has 2 fully saturated rings. The van der Waals surface area contributed by atoms with Gasteiger partial charge in [0, 0.05) is 25.8 Å². The molecule has 3 heterocycles. The summed E-state index contributed by atoms with van der Waals surface area (Å²) in [6.45, 7) is 3.25. The minimum absolute atomic E-state index is 0.0467. The topological polar surface area (TPSA) is 101 Å². The van der Waals surface area contributed by atoms with Gasteiger partial charge in [-0.15, -0.1) is 11.3 Å². The van der Waals surface area contributed by atoms with E-state index in [2.05, 4.69) is 21.2 Å². The second kappa shape index (κ2) is 11.6. The molecular weight excluding hydrogens is 586 g/mol. The third-order valence-corrected chi connectivity index (χ3v) is 10.2. The molecule has 5 rings (SSSR count). The Bertz CT molecular complexity index is 1480. The number of carbonyl (C=O) groups is 1. The number of hydrogen-bond donors (Lipinski definition) is 1. The highest BCUT2D eigenvalue weighted by Gasteiger charge is 2.45. The summed E-state index contributed by atoms with van der Waals surface area (Å²) in [6.07, 6.45) is 3.32. The van der Waals surface area contributed by atoms with E-state index in [1.807, 2.05) is 31.2 Å². The van der Waals surface area contributed by atoms with Crippen LogP contribution in [-0.4, -0.2) is 48.5 Å². The van der Waals surface area contributed by atoms with Crippen molar-refractivity contribution < 1.29 is 19.0 Å². The number of rotatable bonds is 8. The van der Waals surface area contributed by atoms with E-state index in [9.17, 15) is 14.4 Å². The summed E-state index contributed by atoms with van der Waals surface area (Å²) < 4.78 is 21.5. The highest BCUT2D eigenvalue weighted by Crippen LogP contribution is 2.38. The molecule has 1 aliphatic carbocycles. The standard InChI is InChI=1S/C28H34BrN3O6S/c1-17-22-24(33)32(28(26(34)30-2)12-6-7-13-28)27(35)31(25(22)39-23(17)29)16-21(38-18-10-14-37-15-11-18)19-8-4-5-9-20(19)36-3/h4-5,8-9,18,21H,6-7,10-16H2,1-3H3,(H,30,34)/t21-/m0/s1. The number of thiophene rings is 1. The molecule has 2 aromatic heterocycles. The van der Waals surface area contributed by atoms with Crippen molar-refractivity contribution in [2.24, 2.45) is 0 Å². The number of likely N-dealkylation sites (N-methyl/N-ethyl adjacent to an activating group) is 1. The minimum Gasteiger partial charge on any atom is -0.496 e. The molecule has 0 radical (unpaired) electrons. The smallest absolute Gasteiger partial charge is 0.333 e. The van der Waals surface area contributed by atoms with E-state index >= 15 is 0 Å². The predicted octanol–water partition coefficient (Wildman–Crippen LogP) is 4.26. The van der Waals surface area contributed by atoms with Crippen molar-refractivity contribution in [1.82, 2.24) is 14.5 Å². The molecule has 0 bridgehead atoms. The number of fused-ring (bicyclic) bond motifs is 1. The molecule has 39 heavy (non-hydrogen) atoms. The number of benzene rings is 1. The minimum atomic E-state index is -1.22. The Hall–Kier alpha value is -2.47. The van der Waals surface area contributed by atoms with E-state index in [1.165, 1.54) is 15.9 Å². The predicted molar refractivity (Wildman–Crippen MR) is 154 cm³/mol. The van der Waals surface area contributed by atoms with Crippen molar-refractivity contribution in [3.05, 3.63) is 60.0 Å². The lowest BCUT2D eigenvalue weighted by Crippen LogP contribution is -2.57. The van der Waals surface area contributed by atoms with Crippen LogP contribution in [-0.2, 0) is 26.4 Å². The number of nitrogens with zero attached hydrogens (tertiary/aromatic N) is 2. The number of aryl methyl sites for hydroxylation is 1. The summed E-state index contributed by atoms with van der Waals surface area (Å²) in [5.41, 5.74) is -0.566. The summed E-state index contributed by atoms with van der Waals surface area (Å²) in [4.78, 5) is 42.2. The number of nitrogens with one attached hydrogen (secondary N) is 1. The van der Waals surface area contributed by atoms with Gasteiger partial charge in [0.15, 0.2) is 0 Å². The Labute approximate surface area is 239 Å².